The molecule has 26 heavy (non-hydrogen) atoms. The van der Waals surface area contributed by atoms with Crippen molar-refractivity contribution in [3.8, 4) is 11.5 Å². The number of halogens is 2. The monoisotopic (exact) mass is 430 g/mol. The highest BCUT2D eigenvalue weighted by Gasteiger charge is 2.38. The predicted molar refractivity (Wildman–Crippen MR) is 104 cm³/mol. The Kier molecular flexibility index (Phi) is 5.45. The lowest BCUT2D eigenvalue weighted by Crippen LogP contribution is -2.19. The summed E-state index contributed by atoms with van der Waals surface area (Å²) < 4.78 is 30.8. The Morgan fingerprint density at radius 2 is 1.46 bits per heavy atom. The van der Waals surface area contributed by atoms with Crippen molar-refractivity contribution in [2.75, 3.05) is 0 Å². The van der Waals surface area contributed by atoms with Crippen LogP contribution in [-0.2, 0) is 9.09 Å². The van der Waals surface area contributed by atoms with E-state index in [4.69, 9.17) is 36.8 Å². The van der Waals surface area contributed by atoms with Gasteiger partial charge in [-0.1, -0.05) is 54.2 Å². The van der Waals surface area contributed by atoms with E-state index in [2.05, 4.69) is 0 Å². The van der Waals surface area contributed by atoms with Crippen LogP contribution in [0.4, 0.5) is 0 Å². The summed E-state index contributed by atoms with van der Waals surface area (Å²) in [7, 11) is -3.85. The minimum atomic E-state index is -3.85. The van der Waals surface area contributed by atoms with Crippen molar-refractivity contribution in [3.05, 3.63) is 46.4 Å². The van der Waals surface area contributed by atoms with Crippen LogP contribution in [0.3, 0.4) is 0 Å². The van der Waals surface area contributed by atoms with E-state index in [-0.39, 0.29) is 6.10 Å². The first kappa shape index (κ1) is 18.5. The minimum Gasteiger partial charge on any atom is -0.394 e. The van der Waals surface area contributed by atoms with E-state index in [0.717, 1.165) is 35.5 Å². The summed E-state index contributed by atoms with van der Waals surface area (Å²) in [5, 5.41) is 1.13. The van der Waals surface area contributed by atoms with Gasteiger partial charge in [0.2, 0.25) is 0 Å². The highest BCUT2D eigenvalue weighted by atomic mass is 35.5. The van der Waals surface area contributed by atoms with Gasteiger partial charge in [-0.2, -0.15) is 0 Å². The SMILES string of the molecule is O=P1(OC2CCCCC2)Oc2ccc(Cl)cc2Sc2cc(Cl)ccc2O1. The van der Waals surface area contributed by atoms with Crippen molar-refractivity contribution in [3.63, 3.8) is 0 Å². The van der Waals surface area contributed by atoms with Crippen LogP contribution in [0.5, 0.6) is 11.5 Å². The third-order valence-electron chi connectivity index (χ3n) is 4.28. The van der Waals surface area contributed by atoms with E-state index in [0.29, 0.717) is 21.5 Å². The molecule has 0 amide bonds. The van der Waals surface area contributed by atoms with Gasteiger partial charge in [0.15, 0.2) is 0 Å². The lowest BCUT2D eigenvalue weighted by molar-refractivity contribution is 0.110. The highest BCUT2D eigenvalue weighted by molar-refractivity contribution is 7.99. The zero-order valence-corrected chi connectivity index (χ0v) is 17.0. The molecule has 4 rings (SSSR count). The smallest absolute Gasteiger partial charge is 0.394 e. The van der Waals surface area contributed by atoms with Gasteiger partial charge in [0, 0.05) is 10.0 Å². The van der Waals surface area contributed by atoms with Crippen LogP contribution in [0, 0.1) is 0 Å². The van der Waals surface area contributed by atoms with Crippen LogP contribution in [0.2, 0.25) is 10.0 Å². The van der Waals surface area contributed by atoms with Crippen molar-refractivity contribution in [2.45, 2.75) is 48.0 Å². The molecule has 0 spiro atoms. The fourth-order valence-corrected chi connectivity index (χ4v) is 6.17. The van der Waals surface area contributed by atoms with Crippen molar-refractivity contribution < 1.29 is 18.1 Å². The molecule has 2 aliphatic rings. The van der Waals surface area contributed by atoms with Gasteiger partial charge in [0.25, 0.3) is 0 Å². The summed E-state index contributed by atoms with van der Waals surface area (Å²) in [4.78, 5) is 1.47. The number of fused-ring (bicyclic) bond motifs is 2. The second-order valence-electron chi connectivity index (χ2n) is 6.28. The molecule has 1 heterocycles. The van der Waals surface area contributed by atoms with E-state index in [1.54, 1.807) is 36.4 Å². The Bertz CT molecular complexity index is 813. The molecule has 1 fully saturated rings. The second kappa shape index (κ2) is 7.65. The molecule has 0 saturated heterocycles. The van der Waals surface area contributed by atoms with Gasteiger partial charge < -0.3 is 9.05 Å². The average molecular weight is 431 g/mol. The second-order valence-corrected chi connectivity index (χ2v) is 9.71. The molecule has 4 nitrogen and oxygen atoms in total. The summed E-state index contributed by atoms with van der Waals surface area (Å²) in [6.45, 7) is 0. The number of benzene rings is 2. The molecule has 0 unspecified atom stereocenters. The summed E-state index contributed by atoms with van der Waals surface area (Å²) in [5.74, 6) is 0.841. The van der Waals surface area contributed by atoms with Crippen LogP contribution in [0.25, 0.3) is 0 Å². The molecule has 138 valence electrons. The standard InChI is InChI=1S/C18H17Cl2O4PS/c19-12-6-8-15-17(10-12)26-18-11-13(20)7-9-16(18)24-25(21,23-15)22-14-4-2-1-3-5-14/h6-11,14H,1-5H2. The lowest BCUT2D eigenvalue weighted by Gasteiger charge is -2.28. The Morgan fingerprint density at radius 3 is 2.00 bits per heavy atom. The van der Waals surface area contributed by atoms with Crippen molar-refractivity contribution in [1.29, 1.82) is 0 Å². The van der Waals surface area contributed by atoms with Gasteiger partial charge >= 0.3 is 7.82 Å². The van der Waals surface area contributed by atoms with E-state index in [9.17, 15) is 4.57 Å². The zero-order valence-electron chi connectivity index (χ0n) is 13.8. The quantitative estimate of drug-likeness (QED) is 0.465. The Hall–Kier alpha value is -0.840. The first-order valence-corrected chi connectivity index (χ1v) is 11.5. The summed E-state index contributed by atoms with van der Waals surface area (Å²) in [6.07, 6.45) is 4.86. The van der Waals surface area contributed by atoms with Crippen LogP contribution < -0.4 is 9.05 Å². The van der Waals surface area contributed by atoms with Gasteiger partial charge in [-0.3, -0.25) is 4.52 Å². The molecule has 0 radical (unpaired) electrons. The maximum absolute atomic E-state index is 13.4. The van der Waals surface area contributed by atoms with Crippen molar-refractivity contribution in [1.82, 2.24) is 0 Å². The largest absolute Gasteiger partial charge is 0.587 e. The van der Waals surface area contributed by atoms with Gasteiger partial charge in [-0.25, -0.2) is 4.57 Å². The molecule has 0 aromatic heterocycles. The maximum Gasteiger partial charge on any atom is 0.587 e. The fraction of sp³-hybridized carbons (Fsp3) is 0.333. The van der Waals surface area contributed by atoms with E-state index in [1.165, 1.54) is 18.2 Å². The minimum absolute atomic E-state index is 0.131. The Balaban J connectivity index is 1.74. The molecule has 1 aliphatic carbocycles. The molecule has 0 bridgehead atoms. The third-order valence-corrected chi connectivity index (χ3v) is 7.23. The zero-order chi connectivity index (χ0) is 18.1. The molecule has 1 saturated carbocycles. The van der Waals surface area contributed by atoms with Crippen molar-refractivity contribution in [2.24, 2.45) is 0 Å². The van der Waals surface area contributed by atoms with Crippen LogP contribution in [-0.4, -0.2) is 6.10 Å². The van der Waals surface area contributed by atoms with E-state index >= 15 is 0 Å². The fourth-order valence-electron chi connectivity index (χ4n) is 3.05. The molecule has 8 heteroatoms. The number of rotatable bonds is 2. The summed E-state index contributed by atoms with van der Waals surface area (Å²) >= 11 is 13.7. The van der Waals surface area contributed by atoms with Crippen molar-refractivity contribution >= 4 is 42.8 Å². The van der Waals surface area contributed by atoms with Crippen LogP contribution in [0.15, 0.2) is 46.2 Å². The Morgan fingerprint density at radius 1 is 0.923 bits per heavy atom. The number of hydrogen-bond donors (Lipinski definition) is 0. The van der Waals surface area contributed by atoms with Gasteiger partial charge in [0.1, 0.15) is 11.5 Å². The lowest BCUT2D eigenvalue weighted by atomic mass is 9.98. The Labute approximate surface area is 166 Å². The van der Waals surface area contributed by atoms with Crippen LogP contribution in [0.1, 0.15) is 32.1 Å². The van der Waals surface area contributed by atoms with Crippen LogP contribution >= 0.6 is 42.8 Å². The molecule has 2 aromatic carbocycles. The average Bonchev–Trinajstić information content (AvgIpc) is 2.59. The summed E-state index contributed by atoms with van der Waals surface area (Å²) in [6, 6.07) is 10.3. The highest BCUT2D eigenvalue weighted by Crippen LogP contribution is 2.58. The molecular weight excluding hydrogens is 414 g/mol. The van der Waals surface area contributed by atoms with Gasteiger partial charge in [-0.15, -0.1) is 0 Å². The normalized spacial score (nSPS) is 19.3. The molecular formula is C18H17Cl2O4PS. The third kappa shape index (κ3) is 4.18. The molecule has 0 N–H and O–H groups in total. The predicted octanol–water partition coefficient (Wildman–Crippen LogP) is 7.37. The van der Waals surface area contributed by atoms with E-state index in [1.807, 2.05) is 0 Å². The number of phosphoric acid groups is 1. The molecule has 1 aliphatic heterocycles. The maximum atomic E-state index is 13.4. The molecule has 0 atom stereocenters. The topological polar surface area (TPSA) is 44.8 Å². The first-order chi connectivity index (χ1) is 12.5. The van der Waals surface area contributed by atoms with Gasteiger partial charge in [-0.05, 0) is 49.2 Å². The first-order valence-electron chi connectivity index (χ1n) is 8.45. The number of hydrogen-bond acceptors (Lipinski definition) is 5. The molecule has 2 aromatic rings. The summed E-state index contributed by atoms with van der Waals surface area (Å²) in [5.41, 5.74) is 0. The number of phosphoric ester groups is 1. The van der Waals surface area contributed by atoms with E-state index < -0.39 is 7.82 Å². The van der Waals surface area contributed by atoms with Gasteiger partial charge in [0.05, 0.1) is 15.9 Å².